The molecule has 1 aromatic heterocycles. The van der Waals surface area contributed by atoms with Crippen LogP contribution in [-0.4, -0.2) is 34.0 Å². The summed E-state index contributed by atoms with van der Waals surface area (Å²) in [6, 6.07) is 2.89. The van der Waals surface area contributed by atoms with E-state index in [1.54, 1.807) is 23.1 Å². The van der Waals surface area contributed by atoms with Gasteiger partial charge in [-0.3, -0.25) is 4.79 Å². The number of carboxylic acid groups (broad SMARTS) is 1. The minimum atomic E-state index is -0.899. The molecule has 0 spiro atoms. The zero-order valence-electron chi connectivity index (χ0n) is 11.8. The first-order chi connectivity index (χ1) is 10.2. The Hall–Kier alpha value is -2.04. The number of rotatable bonds is 3. The molecule has 1 aromatic rings. The van der Waals surface area contributed by atoms with Crippen molar-refractivity contribution in [1.82, 2.24) is 4.90 Å². The summed E-state index contributed by atoms with van der Waals surface area (Å²) in [6.45, 7) is 0. The first-order valence-corrected chi connectivity index (χ1v) is 7.43. The van der Waals surface area contributed by atoms with E-state index in [1.807, 2.05) is 0 Å². The molecule has 21 heavy (non-hydrogen) atoms. The number of hydrogen-bond acceptors (Lipinski definition) is 3. The summed E-state index contributed by atoms with van der Waals surface area (Å²) >= 11 is 0. The Labute approximate surface area is 123 Å². The standard InChI is InChI=1S/C16H19NO4/c18-15(8-7-12-5-3-9-21-12)17-13-6-2-1-4-11(13)10-14(17)16(19)20/h3,5,7-9,11,13-14H,1-2,4,6,10H2,(H,19,20)/b8-7+/t11-,13-,14-/m0/s1. The summed E-state index contributed by atoms with van der Waals surface area (Å²) < 4.78 is 5.15. The molecule has 3 rings (SSSR count). The number of fused-ring (bicyclic) bond motifs is 1. The van der Waals surface area contributed by atoms with Crippen LogP contribution >= 0.6 is 0 Å². The zero-order chi connectivity index (χ0) is 14.8. The minimum absolute atomic E-state index is 0.0774. The van der Waals surface area contributed by atoms with Crippen molar-refractivity contribution >= 4 is 18.0 Å². The monoisotopic (exact) mass is 289 g/mol. The van der Waals surface area contributed by atoms with E-state index in [-0.39, 0.29) is 11.9 Å². The van der Waals surface area contributed by atoms with Crippen LogP contribution in [0, 0.1) is 5.92 Å². The van der Waals surface area contributed by atoms with Crippen molar-refractivity contribution < 1.29 is 19.1 Å². The predicted molar refractivity (Wildman–Crippen MR) is 76.4 cm³/mol. The molecule has 1 N–H and O–H groups in total. The van der Waals surface area contributed by atoms with E-state index in [4.69, 9.17) is 4.42 Å². The smallest absolute Gasteiger partial charge is 0.326 e. The number of carboxylic acids is 1. The zero-order valence-corrected chi connectivity index (χ0v) is 11.8. The van der Waals surface area contributed by atoms with Crippen LogP contribution in [0.2, 0.25) is 0 Å². The van der Waals surface area contributed by atoms with Crippen molar-refractivity contribution in [2.24, 2.45) is 5.92 Å². The van der Waals surface area contributed by atoms with Gasteiger partial charge in [-0.25, -0.2) is 4.79 Å². The first-order valence-electron chi connectivity index (χ1n) is 7.43. The van der Waals surface area contributed by atoms with E-state index in [9.17, 15) is 14.7 Å². The van der Waals surface area contributed by atoms with Gasteiger partial charge in [0.15, 0.2) is 0 Å². The van der Waals surface area contributed by atoms with E-state index >= 15 is 0 Å². The van der Waals surface area contributed by atoms with E-state index in [1.165, 1.54) is 12.3 Å². The molecule has 5 heteroatoms. The average Bonchev–Trinajstić information content (AvgIpc) is 3.11. The summed E-state index contributed by atoms with van der Waals surface area (Å²) in [6.07, 6.45) is 9.28. The average molecular weight is 289 g/mol. The van der Waals surface area contributed by atoms with Gasteiger partial charge in [0, 0.05) is 12.1 Å². The van der Waals surface area contributed by atoms with Crippen LogP contribution in [0.5, 0.6) is 0 Å². The quantitative estimate of drug-likeness (QED) is 0.868. The Kier molecular flexibility index (Phi) is 3.82. The van der Waals surface area contributed by atoms with E-state index in [0.29, 0.717) is 18.1 Å². The Bertz CT molecular complexity index is 549. The van der Waals surface area contributed by atoms with Crippen molar-refractivity contribution in [1.29, 1.82) is 0 Å². The van der Waals surface area contributed by atoms with Crippen molar-refractivity contribution in [3.63, 3.8) is 0 Å². The third-order valence-corrected chi connectivity index (χ3v) is 4.56. The molecular formula is C16H19NO4. The second-order valence-electron chi connectivity index (χ2n) is 5.80. The maximum Gasteiger partial charge on any atom is 0.326 e. The van der Waals surface area contributed by atoms with Crippen molar-refractivity contribution in [2.75, 3.05) is 0 Å². The molecule has 2 fully saturated rings. The molecule has 0 radical (unpaired) electrons. The van der Waals surface area contributed by atoms with Crippen LogP contribution in [0.4, 0.5) is 0 Å². The normalized spacial score (nSPS) is 28.8. The molecule has 112 valence electrons. The number of aliphatic carboxylic acids is 1. The van der Waals surface area contributed by atoms with Crippen LogP contribution < -0.4 is 0 Å². The van der Waals surface area contributed by atoms with E-state index in [0.717, 1.165) is 25.7 Å². The lowest BCUT2D eigenvalue weighted by atomic mass is 9.85. The Morgan fingerprint density at radius 1 is 1.33 bits per heavy atom. The topological polar surface area (TPSA) is 70.8 Å². The Balaban J connectivity index is 1.79. The number of carbonyl (C=O) groups excluding carboxylic acids is 1. The van der Waals surface area contributed by atoms with E-state index in [2.05, 4.69) is 0 Å². The molecule has 0 unspecified atom stereocenters. The van der Waals surface area contributed by atoms with Gasteiger partial charge in [0.1, 0.15) is 11.8 Å². The SMILES string of the molecule is O=C(O)[C@@H]1C[C@@H]2CCCC[C@@H]2N1C(=O)/C=C/c1ccco1. The van der Waals surface area contributed by atoms with Gasteiger partial charge >= 0.3 is 5.97 Å². The largest absolute Gasteiger partial charge is 0.480 e. The number of likely N-dealkylation sites (tertiary alicyclic amines) is 1. The molecule has 1 aliphatic carbocycles. The molecular weight excluding hydrogens is 270 g/mol. The molecule has 1 saturated heterocycles. The minimum Gasteiger partial charge on any atom is -0.480 e. The van der Waals surface area contributed by atoms with Gasteiger partial charge in [0.05, 0.1) is 6.26 Å². The molecule has 1 aliphatic heterocycles. The Morgan fingerprint density at radius 3 is 2.86 bits per heavy atom. The van der Waals surface area contributed by atoms with Crippen LogP contribution in [0.25, 0.3) is 6.08 Å². The molecule has 3 atom stereocenters. The van der Waals surface area contributed by atoms with Gasteiger partial charge in [-0.15, -0.1) is 0 Å². The second-order valence-corrected chi connectivity index (χ2v) is 5.80. The third kappa shape index (κ3) is 2.73. The molecule has 2 heterocycles. The van der Waals surface area contributed by atoms with Gasteiger partial charge in [-0.2, -0.15) is 0 Å². The summed E-state index contributed by atoms with van der Waals surface area (Å²) in [5, 5.41) is 9.40. The highest BCUT2D eigenvalue weighted by Crippen LogP contribution is 2.39. The number of hydrogen-bond donors (Lipinski definition) is 1. The number of amides is 1. The first kappa shape index (κ1) is 13.9. The molecule has 1 amide bonds. The lowest BCUT2D eigenvalue weighted by Gasteiger charge is -2.32. The number of carbonyl (C=O) groups is 2. The van der Waals surface area contributed by atoms with Crippen molar-refractivity contribution in [3.05, 3.63) is 30.2 Å². The third-order valence-electron chi connectivity index (χ3n) is 4.56. The maximum atomic E-state index is 12.4. The van der Waals surface area contributed by atoms with Crippen molar-refractivity contribution in [2.45, 2.75) is 44.2 Å². The Morgan fingerprint density at radius 2 is 2.14 bits per heavy atom. The summed E-state index contributed by atoms with van der Waals surface area (Å²) in [5.41, 5.74) is 0. The highest BCUT2D eigenvalue weighted by molar-refractivity contribution is 5.94. The number of furan rings is 1. The highest BCUT2D eigenvalue weighted by Gasteiger charge is 2.46. The fourth-order valence-electron chi connectivity index (χ4n) is 3.62. The lowest BCUT2D eigenvalue weighted by molar-refractivity contribution is -0.147. The molecule has 0 aromatic carbocycles. The van der Waals surface area contributed by atoms with Gasteiger partial charge in [0.2, 0.25) is 5.91 Å². The van der Waals surface area contributed by atoms with Gasteiger partial charge < -0.3 is 14.4 Å². The van der Waals surface area contributed by atoms with Crippen LogP contribution in [0.1, 0.15) is 37.9 Å². The maximum absolute atomic E-state index is 12.4. The molecule has 0 bridgehead atoms. The van der Waals surface area contributed by atoms with E-state index < -0.39 is 12.0 Å². The fourth-order valence-corrected chi connectivity index (χ4v) is 3.62. The summed E-state index contributed by atoms with van der Waals surface area (Å²) in [7, 11) is 0. The molecule has 5 nitrogen and oxygen atoms in total. The fraction of sp³-hybridized carbons (Fsp3) is 0.500. The lowest BCUT2D eigenvalue weighted by Crippen LogP contribution is -2.45. The summed E-state index contributed by atoms with van der Waals surface area (Å²) in [5.74, 6) is -0.201. The summed E-state index contributed by atoms with van der Waals surface area (Å²) in [4.78, 5) is 25.5. The highest BCUT2D eigenvalue weighted by atomic mass is 16.4. The van der Waals surface area contributed by atoms with Gasteiger partial charge in [-0.1, -0.05) is 12.8 Å². The molecule has 1 saturated carbocycles. The second kappa shape index (κ2) is 5.76. The van der Waals surface area contributed by atoms with Crippen LogP contribution in [0.3, 0.4) is 0 Å². The predicted octanol–water partition coefficient (Wildman–Crippen LogP) is 2.54. The molecule has 2 aliphatic rings. The van der Waals surface area contributed by atoms with Crippen LogP contribution in [-0.2, 0) is 9.59 Å². The van der Waals surface area contributed by atoms with Crippen LogP contribution in [0.15, 0.2) is 28.9 Å². The van der Waals surface area contributed by atoms with Gasteiger partial charge in [0.25, 0.3) is 0 Å². The number of nitrogens with zero attached hydrogens (tertiary/aromatic N) is 1. The van der Waals surface area contributed by atoms with Crippen molar-refractivity contribution in [3.8, 4) is 0 Å². The van der Waals surface area contributed by atoms with Gasteiger partial charge in [-0.05, 0) is 43.4 Å².